The Kier molecular flexibility index (Phi) is 1.62. The Hall–Kier alpha value is -1.45. The summed E-state index contributed by atoms with van der Waals surface area (Å²) in [7, 11) is 0. The van der Waals surface area contributed by atoms with Gasteiger partial charge in [0.15, 0.2) is 6.29 Å². The zero-order valence-electron chi connectivity index (χ0n) is 5.53. The van der Waals surface area contributed by atoms with Crippen LogP contribution in [0.5, 0.6) is 0 Å². The summed E-state index contributed by atoms with van der Waals surface area (Å²) in [5, 5.41) is 0. The maximum Gasteiger partial charge on any atom is 0.155 e. The monoisotopic (exact) mass is 137 g/mol. The Morgan fingerprint density at radius 1 is 1.60 bits per heavy atom. The van der Waals surface area contributed by atoms with E-state index in [9.17, 15) is 4.79 Å². The molecule has 0 fully saturated rings. The summed E-state index contributed by atoms with van der Waals surface area (Å²) in [5.41, 5.74) is 6.34. The van der Waals surface area contributed by atoms with Crippen molar-refractivity contribution in [2.24, 2.45) is 0 Å². The maximum atomic E-state index is 10.3. The molecule has 0 spiro atoms. The molecule has 1 rings (SSSR count). The smallest absolute Gasteiger partial charge is 0.155 e. The number of hydrogen-bond acceptors (Lipinski definition) is 4. The largest absolute Gasteiger partial charge is 0.383 e. The van der Waals surface area contributed by atoms with Gasteiger partial charge in [0.1, 0.15) is 12.1 Å². The van der Waals surface area contributed by atoms with E-state index in [-0.39, 0.29) is 5.82 Å². The lowest BCUT2D eigenvalue weighted by Gasteiger charge is -1.97. The molecule has 0 atom stereocenters. The van der Waals surface area contributed by atoms with Gasteiger partial charge in [-0.3, -0.25) is 4.79 Å². The van der Waals surface area contributed by atoms with Crippen LogP contribution in [0.25, 0.3) is 0 Å². The molecule has 1 heterocycles. The molecular formula is C6H7N3O. The first-order valence-corrected chi connectivity index (χ1v) is 2.78. The number of hydrogen-bond donors (Lipinski definition) is 1. The van der Waals surface area contributed by atoms with Crippen LogP contribution in [0.15, 0.2) is 6.33 Å². The summed E-state index contributed by atoms with van der Waals surface area (Å²) >= 11 is 0. The number of nitrogen functional groups attached to an aromatic ring is 1. The summed E-state index contributed by atoms with van der Waals surface area (Å²) in [6, 6.07) is 0. The molecule has 10 heavy (non-hydrogen) atoms. The number of rotatable bonds is 1. The average molecular weight is 137 g/mol. The van der Waals surface area contributed by atoms with E-state index < -0.39 is 0 Å². The van der Waals surface area contributed by atoms with Crippen LogP contribution in [0.3, 0.4) is 0 Å². The van der Waals surface area contributed by atoms with E-state index in [1.807, 2.05) is 0 Å². The molecule has 0 saturated heterocycles. The number of nitrogens with two attached hydrogens (primary N) is 1. The van der Waals surface area contributed by atoms with Crippen LogP contribution < -0.4 is 5.73 Å². The number of aryl methyl sites for hydroxylation is 1. The first-order valence-electron chi connectivity index (χ1n) is 2.78. The highest BCUT2D eigenvalue weighted by molar-refractivity contribution is 5.82. The molecule has 0 saturated carbocycles. The second kappa shape index (κ2) is 2.43. The summed E-state index contributed by atoms with van der Waals surface area (Å²) in [4.78, 5) is 17.7. The van der Waals surface area contributed by atoms with Gasteiger partial charge in [-0.25, -0.2) is 9.97 Å². The van der Waals surface area contributed by atoms with Crippen molar-refractivity contribution in [2.45, 2.75) is 6.92 Å². The van der Waals surface area contributed by atoms with Crippen LogP contribution >= 0.6 is 0 Å². The number of anilines is 1. The number of aldehydes is 1. The number of aromatic nitrogens is 2. The van der Waals surface area contributed by atoms with Crippen molar-refractivity contribution in [1.29, 1.82) is 0 Å². The molecule has 52 valence electrons. The van der Waals surface area contributed by atoms with E-state index in [0.29, 0.717) is 17.5 Å². The summed E-state index contributed by atoms with van der Waals surface area (Å²) < 4.78 is 0. The van der Waals surface area contributed by atoms with Gasteiger partial charge >= 0.3 is 0 Å². The van der Waals surface area contributed by atoms with Gasteiger partial charge in [-0.15, -0.1) is 0 Å². The quantitative estimate of drug-likeness (QED) is 0.560. The van der Waals surface area contributed by atoms with Crippen molar-refractivity contribution >= 4 is 12.1 Å². The van der Waals surface area contributed by atoms with E-state index in [4.69, 9.17) is 5.73 Å². The minimum absolute atomic E-state index is 0.238. The van der Waals surface area contributed by atoms with E-state index >= 15 is 0 Å². The van der Waals surface area contributed by atoms with Crippen LogP contribution in [-0.2, 0) is 0 Å². The zero-order valence-corrected chi connectivity index (χ0v) is 5.53. The Morgan fingerprint density at radius 2 is 2.30 bits per heavy atom. The fourth-order valence-corrected chi connectivity index (χ4v) is 0.648. The predicted molar refractivity (Wildman–Crippen MR) is 36.6 cm³/mol. The van der Waals surface area contributed by atoms with E-state index in [2.05, 4.69) is 9.97 Å². The second-order valence-electron chi connectivity index (χ2n) is 1.88. The third-order valence-electron chi connectivity index (χ3n) is 1.23. The van der Waals surface area contributed by atoms with Gasteiger partial charge < -0.3 is 5.73 Å². The van der Waals surface area contributed by atoms with E-state index in [1.165, 1.54) is 6.33 Å². The molecule has 0 bridgehead atoms. The van der Waals surface area contributed by atoms with Gasteiger partial charge in [0.05, 0.1) is 11.3 Å². The van der Waals surface area contributed by atoms with Gasteiger partial charge in [-0.05, 0) is 6.92 Å². The first kappa shape index (κ1) is 6.67. The lowest BCUT2D eigenvalue weighted by molar-refractivity contribution is 0.112. The first-order chi connectivity index (χ1) is 4.75. The van der Waals surface area contributed by atoms with Gasteiger partial charge in [0, 0.05) is 0 Å². The van der Waals surface area contributed by atoms with Gasteiger partial charge in [0.25, 0.3) is 0 Å². The van der Waals surface area contributed by atoms with Crippen molar-refractivity contribution in [1.82, 2.24) is 9.97 Å². The molecule has 4 heteroatoms. The maximum absolute atomic E-state index is 10.3. The normalized spacial score (nSPS) is 9.30. The van der Waals surface area contributed by atoms with Crippen molar-refractivity contribution in [3.05, 3.63) is 17.6 Å². The minimum atomic E-state index is 0.238. The fourth-order valence-electron chi connectivity index (χ4n) is 0.648. The molecule has 0 amide bonds. The molecular weight excluding hydrogens is 130 g/mol. The minimum Gasteiger partial charge on any atom is -0.383 e. The van der Waals surface area contributed by atoms with E-state index in [1.54, 1.807) is 6.92 Å². The molecule has 1 aromatic rings. The predicted octanol–water partition coefficient (Wildman–Crippen LogP) is 0.180. The molecule has 0 aliphatic heterocycles. The summed E-state index contributed by atoms with van der Waals surface area (Å²) in [5.74, 6) is 0.238. The lowest BCUT2D eigenvalue weighted by atomic mass is 10.2. The van der Waals surface area contributed by atoms with Crippen LogP contribution in [-0.4, -0.2) is 16.3 Å². The van der Waals surface area contributed by atoms with Gasteiger partial charge in [-0.1, -0.05) is 0 Å². The van der Waals surface area contributed by atoms with Crippen LogP contribution in [0, 0.1) is 6.92 Å². The van der Waals surface area contributed by atoms with E-state index in [0.717, 1.165) is 0 Å². The molecule has 1 aromatic heterocycles. The summed E-state index contributed by atoms with van der Waals surface area (Å²) in [6.07, 6.45) is 1.99. The van der Waals surface area contributed by atoms with Crippen molar-refractivity contribution in [3.8, 4) is 0 Å². The molecule has 0 aromatic carbocycles. The molecule has 0 aliphatic carbocycles. The zero-order chi connectivity index (χ0) is 7.56. The number of carbonyl (C=O) groups excluding carboxylic acids is 1. The Balaban J connectivity index is 3.30. The van der Waals surface area contributed by atoms with Crippen LogP contribution in [0.4, 0.5) is 5.82 Å². The Labute approximate surface area is 58.1 Å². The molecule has 0 radical (unpaired) electrons. The van der Waals surface area contributed by atoms with Crippen molar-refractivity contribution < 1.29 is 4.79 Å². The molecule has 4 nitrogen and oxygen atoms in total. The topological polar surface area (TPSA) is 68.9 Å². The van der Waals surface area contributed by atoms with Crippen molar-refractivity contribution in [3.63, 3.8) is 0 Å². The van der Waals surface area contributed by atoms with Gasteiger partial charge in [-0.2, -0.15) is 0 Å². The molecule has 2 N–H and O–H groups in total. The second-order valence-corrected chi connectivity index (χ2v) is 1.88. The molecule has 0 unspecified atom stereocenters. The Morgan fingerprint density at radius 3 is 2.70 bits per heavy atom. The highest BCUT2D eigenvalue weighted by atomic mass is 16.1. The highest BCUT2D eigenvalue weighted by Gasteiger charge is 2.01. The fraction of sp³-hybridized carbons (Fsp3) is 0.167. The van der Waals surface area contributed by atoms with Gasteiger partial charge in [0.2, 0.25) is 0 Å². The lowest BCUT2D eigenvalue weighted by Crippen LogP contribution is -2.00. The Bertz CT molecular complexity index is 239. The third-order valence-corrected chi connectivity index (χ3v) is 1.23. The SMILES string of the molecule is Cc1ncnc(N)c1C=O. The summed E-state index contributed by atoms with van der Waals surface area (Å²) in [6.45, 7) is 1.71. The standard InChI is InChI=1S/C6H7N3O/c1-4-5(2-10)6(7)9-3-8-4/h2-3H,1H3,(H2,7,8,9). The molecule has 0 aliphatic rings. The number of carbonyl (C=O) groups is 1. The highest BCUT2D eigenvalue weighted by Crippen LogP contribution is 2.06. The van der Waals surface area contributed by atoms with Crippen molar-refractivity contribution in [2.75, 3.05) is 5.73 Å². The van der Waals surface area contributed by atoms with Crippen LogP contribution in [0.1, 0.15) is 16.1 Å². The average Bonchev–Trinajstić information content (AvgIpc) is 1.88. The third kappa shape index (κ3) is 0.953. The number of nitrogens with zero attached hydrogens (tertiary/aromatic N) is 2. The van der Waals surface area contributed by atoms with Crippen LogP contribution in [0.2, 0.25) is 0 Å².